The SMILES string of the molecule is CNC(=O)C(C)(C)CNC(C)C1CCCN(C)C1. The van der Waals surface area contributed by atoms with Gasteiger partial charge in [0.15, 0.2) is 0 Å². The molecule has 1 aliphatic heterocycles. The average molecular weight is 255 g/mol. The van der Waals surface area contributed by atoms with E-state index in [4.69, 9.17) is 0 Å². The molecule has 1 fully saturated rings. The van der Waals surface area contributed by atoms with Crippen molar-refractivity contribution in [1.29, 1.82) is 0 Å². The molecule has 0 radical (unpaired) electrons. The minimum absolute atomic E-state index is 0.1000. The Hall–Kier alpha value is -0.610. The lowest BCUT2D eigenvalue weighted by Gasteiger charge is -2.35. The number of rotatable bonds is 5. The molecular formula is C14H29N3O. The minimum Gasteiger partial charge on any atom is -0.359 e. The molecular weight excluding hydrogens is 226 g/mol. The van der Waals surface area contributed by atoms with Gasteiger partial charge >= 0.3 is 0 Å². The molecule has 18 heavy (non-hydrogen) atoms. The van der Waals surface area contributed by atoms with E-state index in [0.29, 0.717) is 12.0 Å². The van der Waals surface area contributed by atoms with E-state index in [2.05, 4.69) is 29.5 Å². The minimum atomic E-state index is -0.344. The van der Waals surface area contributed by atoms with Gasteiger partial charge in [0.1, 0.15) is 0 Å². The van der Waals surface area contributed by atoms with Gasteiger partial charge in [-0.05, 0) is 53.1 Å². The molecule has 1 heterocycles. The Morgan fingerprint density at radius 2 is 2.17 bits per heavy atom. The molecule has 1 aliphatic rings. The van der Waals surface area contributed by atoms with Crippen LogP contribution in [0.4, 0.5) is 0 Å². The number of likely N-dealkylation sites (tertiary alicyclic amines) is 1. The molecule has 0 bridgehead atoms. The van der Waals surface area contributed by atoms with E-state index in [1.807, 2.05) is 13.8 Å². The Bertz CT molecular complexity index is 278. The quantitative estimate of drug-likeness (QED) is 0.772. The molecule has 2 unspecified atom stereocenters. The predicted octanol–water partition coefficient (Wildman–Crippen LogP) is 1.08. The second-order valence-corrected chi connectivity index (χ2v) is 6.30. The third-order valence-corrected chi connectivity index (χ3v) is 4.08. The Balaban J connectivity index is 2.40. The van der Waals surface area contributed by atoms with Crippen molar-refractivity contribution in [3.05, 3.63) is 0 Å². The summed E-state index contributed by atoms with van der Waals surface area (Å²) in [6, 6.07) is 0.469. The second-order valence-electron chi connectivity index (χ2n) is 6.30. The molecule has 4 nitrogen and oxygen atoms in total. The number of nitrogens with zero attached hydrogens (tertiary/aromatic N) is 1. The molecule has 0 saturated carbocycles. The van der Waals surface area contributed by atoms with Crippen LogP contribution in [0, 0.1) is 11.3 Å². The van der Waals surface area contributed by atoms with Crippen LogP contribution in [0.5, 0.6) is 0 Å². The van der Waals surface area contributed by atoms with Crippen molar-refractivity contribution in [2.75, 3.05) is 33.7 Å². The average Bonchev–Trinajstić information content (AvgIpc) is 2.35. The molecule has 106 valence electrons. The Morgan fingerprint density at radius 1 is 1.50 bits per heavy atom. The highest BCUT2D eigenvalue weighted by atomic mass is 16.2. The van der Waals surface area contributed by atoms with Crippen LogP contribution in [0.1, 0.15) is 33.6 Å². The zero-order valence-corrected chi connectivity index (χ0v) is 12.5. The summed E-state index contributed by atoms with van der Waals surface area (Å²) >= 11 is 0. The zero-order chi connectivity index (χ0) is 13.8. The smallest absolute Gasteiger partial charge is 0.226 e. The summed E-state index contributed by atoms with van der Waals surface area (Å²) in [4.78, 5) is 14.1. The highest BCUT2D eigenvalue weighted by Gasteiger charge is 2.29. The van der Waals surface area contributed by atoms with Gasteiger partial charge in [-0.15, -0.1) is 0 Å². The van der Waals surface area contributed by atoms with Crippen molar-refractivity contribution in [3.63, 3.8) is 0 Å². The lowest BCUT2D eigenvalue weighted by Crippen LogP contribution is -2.48. The highest BCUT2D eigenvalue weighted by Crippen LogP contribution is 2.20. The van der Waals surface area contributed by atoms with E-state index < -0.39 is 0 Å². The number of carbonyl (C=O) groups excluding carboxylic acids is 1. The van der Waals surface area contributed by atoms with Crippen LogP contribution >= 0.6 is 0 Å². The van der Waals surface area contributed by atoms with Crippen molar-refractivity contribution >= 4 is 5.91 Å². The molecule has 1 rings (SSSR count). The van der Waals surface area contributed by atoms with Crippen molar-refractivity contribution in [1.82, 2.24) is 15.5 Å². The molecule has 1 amide bonds. The molecule has 0 aromatic rings. The van der Waals surface area contributed by atoms with E-state index >= 15 is 0 Å². The van der Waals surface area contributed by atoms with Crippen molar-refractivity contribution in [2.45, 2.75) is 39.7 Å². The van der Waals surface area contributed by atoms with Crippen molar-refractivity contribution < 1.29 is 4.79 Å². The number of nitrogens with one attached hydrogen (secondary N) is 2. The van der Waals surface area contributed by atoms with Gasteiger partial charge in [-0.1, -0.05) is 0 Å². The summed E-state index contributed by atoms with van der Waals surface area (Å²) in [5.41, 5.74) is -0.344. The Morgan fingerprint density at radius 3 is 2.72 bits per heavy atom. The van der Waals surface area contributed by atoms with Crippen LogP contribution < -0.4 is 10.6 Å². The van der Waals surface area contributed by atoms with Gasteiger partial charge in [0.05, 0.1) is 5.41 Å². The highest BCUT2D eigenvalue weighted by molar-refractivity contribution is 5.81. The molecule has 0 aromatic carbocycles. The molecule has 0 aromatic heterocycles. The number of piperidine rings is 1. The standard InChI is InChI=1S/C14H29N3O/c1-11(12-7-6-8-17(5)9-12)16-10-14(2,3)13(18)15-4/h11-12,16H,6-10H2,1-5H3,(H,15,18). The number of amides is 1. The van der Waals surface area contributed by atoms with E-state index in [0.717, 1.165) is 13.1 Å². The first kappa shape index (κ1) is 15.4. The summed E-state index contributed by atoms with van der Waals surface area (Å²) in [5.74, 6) is 0.798. The largest absolute Gasteiger partial charge is 0.359 e. The lowest BCUT2D eigenvalue weighted by molar-refractivity contribution is -0.128. The molecule has 4 heteroatoms. The number of hydrogen-bond donors (Lipinski definition) is 2. The zero-order valence-electron chi connectivity index (χ0n) is 12.5. The van der Waals surface area contributed by atoms with E-state index in [9.17, 15) is 4.79 Å². The molecule has 2 atom stereocenters. The summed E-state index contributed by atoms with van der Waals surface area (Å²) in [6.07, 6.45) is 2.57. The molecule has 0 aliphatic carbocycles. The maximum Gasteiger partial charge on any atom is 0.226 e. The molecule has 2 N–H and O–H groups in total. The predicted molar refractivity (Wildman–Crippen MR) is 75.5 cm³/mol. The van der Waals surface area contributed by atoms with Gasteiger partial charge in [-0.2, -0.15) is 0 Å². The Labute approximate surface area is 111 Å². The summed E-state index contributed by atoms with van der Waals surface area (Å²) in [6.45, 7) is 9.32. The van der Waals surface area contributed by atoms with E-state index in [1.165, 1.54) is 19.4 Å². The van der Waals surface area contributed by atoms with Crippen LogP contribution in [0.2, 0.25) is 0 Å². The van der Waals surface area contributed by atoms with Crippen LogP contribution in [0.15, 0.2) is 0 Å². The maximum atomic E-state index is 11.7. The fourth-order valence-electron chi connectivity index (χ4n) is 2.62. The summed E-state index contributed by atoms with van der Waals surface area (Å²) in [7, 11) is 3.89. The first-order valence-electron chi connectivity index (χ1n) is 7.01. The van der Waals surface area contributed by atoms with Crippen LogP contribution in [0.25, 0.3) is 0 Å². The maximum absolute atomic E-state index is 11.7. The fraction of sp³-hybridized carbons (Fsp3) is 0.929. The van der Waals surface area contributed by atoms with Crippen LogP contribution in [-0.4, -0.2) is 50.6 Å². The monoisotopic (exact) mass is 255 g/mol. The first-order chi connectivity index (χ1) is 8.36. The van der Waals surface area contributed by atoms with E-state index in [-0.39, 0.29) is 11.3 Å². The van der Waals surface area contributed by atoms with Gasteiger partial charge in [0.2, 0.25) is 5.91 Å². The molecule has 1 saturated heterocycles. The lowest BCUT2D eigenvalue weighted by atomic mass is 9.89. The number of hydrogen-bond acceptors (Lipinski definition) is 3. The van der Waals surface area contributed by atoms with Crippen LogP contribution in [0.3, 0.4) is 0 Å². The Kier molecular flexibility index (Phi) is 5.60. The summed E-state index contributed by atoms with van der Waals surface area (Å²) in [5, 5.41) is 6.27. The summed E-state index contributed by atoms with van der Waals surface area (Å²) < 4.78 is 0. The number of carbonyl (C=O) groups is 1. The fourth-order valence-corrected chi connectivity index (χ4v) is 2.62. The third kappa shape index (κ3) is 4.25. The van der Waals surface area contributed by atoms with E-state index in [1.54, 1.807) is 7.05 Å². The normalized spacial score (nSPS) is 23.7. The molecule has 0 spiro atoms. The van der Waals surface area contributed by atoms with Crippen molar-refractivity contribution in [3.8, 4) is 0 Å². The van der Waals surface area contributed by atoms with Gasteiger partial charge in [0, 0.05) is 26.2 Å². The topological polar surface area (TPSA) is 44.4 Å². The van der Waals surface area contributed by atoms with Gasteiger partial charge in [-0.3, -0.25) is 4.79 Å². The van der Waals surface area contributed by atoms with Gasteiger partial charge < -0.3 is 15.5 Å². The van der Waals surface area contributed by atoms with Gasteiger partial charge in [0.25, 0.3) is 0 Å². The second kappa shape index (κ2) is 6.53. The van der Waals surface area contributed by atoms with Gasteiger partial charge in [-0.25, -0.2) is 0 Å². The third-order valence-electron chi connectivity index (χ3n) is 4.08. The van der Waals surface area contributed by atoms with Crippen LogP contribution in [-0.2, 0) is 4.79 Å². The first-order valence-corrected chi connectivity index (χ1v) is 7.01. The van der Waals surface area contributed by atoms with Crippen molar-refractivity contribution in [2.24, 2.45) is 11.3 Å².